The van der Waals surface area contributed by atoms with E-state index in [-0.39, 0.29) is 5.56 Å². The van der Waals surface area contributed by atoms with Crippen LogP contribution in [-0.2, 0) is 6.42 Å². The van der Waals surface area contributed by atoms with Crippen LogP contribution >= 0.6 is 23.2 Å². The molecule has 110 valence electrons. The summed E-state index contributed by atoms with van der Waals surface area (Å²) in [4.78, 5) is 15.6. The molecule has 6 heteroatoms. The SMILES string of the molecule is CCCc1cc(C(=O)O)cc(Nc2c(Cl)cccc2Cl)n1. The number of aromatic carboxylic acids is 1. The Kier molecular flexibility index (Phi) is 5.04. The van der Waals surface area contributed by atoms with Crippen LogP contribution in [0.3, 0.4) is 0 Å². The van der Waals surface area contributed by atoms with E-state index in [1.165, 1.54) is 6.07 Å². The van der Waals surface area contributed by atoms with Gasteiger partial charge in [-0.25, -0.2) is 9.78 Å². The van der Waals surface area contributed by atoms with Crippen LogP contribution in [0.15, 0.2) is 30.3 Å². The Morgan fingerprint density at radius 1 is 1.29 bits per heavy atom. The number of anilines is 2. The third-order valence-electron chi connectivity index (χ3n) is 2.85. The molecule has 2 aromatic rings. The maximum atomic E-state index is 11.2. The lowest BCUT2D eigenvalue weighted by Gasteiger charge is -2.11. The summed E-state index contributed by atoms with van der Waals surface area (Å²) in [6.45, 7) is 2.01. The zero-order chi connectivity index (χ0) is 15.4. The molecule has 4 nitrogen and oxygen atoms in total. The number of aromatic nitrogens is 1. The van der Waals surface area contributed by atoms with Crippen molar-refractivity contribution in [1.82, 2.24) is 4.98 Å². The molecule has 0 aliphatic carbocycles. The van der Waals surface area contributed by atoms with Crippen molar-refractivity contribution in [3.63, 3.8) is 0 Å². The average molecular weight is 325 g/mol. The number of nitrogens with zero attached hydrogens (tertiary/aromatic N) is 1. The summed E-state index contributed by atoms with van der Waals surface area (Å²) in [6, 6.07) is 8.17. The maximum absolute atomic E-state index is 11.2. The predicted octanol–water partition coefficient (Wildman–Crippen LogP) is 4.78. The fourth-order valence-electron chi connectivity index (χ4n) is 1.90. The molecule has 0 atom stereocenters. The van der Waals surface area contributed by atoms with Gasteiger partial charge in [-0.15, -0.1) is 0 Å². The van der Waals surface area contributed by atoms with Crippen LogP contribution in [0.2, 0.25) is 10.0 Å². The van der Waals surface area contributed by atoms with Crippen molar-refractivity contribution in [2.24, 2.45) is 0 Å². The van der Waals surface area contributed by atoms with Gasteiger partial charge in [0.2, 0.25) is 0 Å². The summed E-state index contributed by atoms with van der Waals surface area (Å²) < 4.78 is 0. The number of aryl methyl sites for hydroxylation is 1. The number of pyridine rings is 1. The summed E-state index contributed by atoms with van der Waals surface area (Å²) in [5, 5.41) is 13.1. The van der Waals surface area contributed by atoms with E-state index in [1.807, 2.05) is 6.92 Å². The van der Waals surface area contributed by atoms with E-state index in [4.69, 9.17) is 28.3 Å². The third kappa shape index (κ3) is 3.86. The van der Waals surface area contributed by atoms with Gasteiger partial charge in [0.15, 0.2) is 0 Å². The molecule has 2 rings (SSSR count). The van der Waals surface area contributed by atoms with Crippen LogP contribution in [0, 0.1) is 0 Å². The number of para-hydroxylation sites is 1. The van der Waals surface area contributed by atoms with Crippen LogP contribution in [0.4, 0.5) is 11.5 Å². The fourth-order valence-corrected chi connectivity index (χ4v) is 2.40. The summed E-state index contributed by atoms with van der Waals surface area (Å²) in [6.07, 6.45) is 1.58. The smallest absolute Gasteiger partial charge is 0.335 e. The van der Waals surface area contributed by atoms with Crippen molar-refractivity contribution in [2.45, 2.75) is 19.8 Å². The summed E-state index contributed by atoms with van der Waals surface area (Å²) in [7, 11) is 0. The quantitative estimate of drug-likeness (QED) is 0.830. The minimum atomic E-state index is -0.997. The topological polar surface area (TPSA) is 62.2 Å². The number of rotatable bonds is 5. The van der Waals surface area contributed by atoms with Crippen LogP contribution in [0.5, 0.6) is 0 Å². The molecule has 0 radical (unpaired) electrons. The molecule has 21 heavy (non-hydrogen) atoms. The van der Waals surface area contributed by atoms with Crippen molar-refractivity contribution < 1.29 is 9.90 Å². The average Bonchev–Trinajstić information content (AvgIpc) is 2.43. The number of carboxylic acid groups (broad SMARTS) is 1. The van der Waals surface area contributed by atoms with Gasteiger partial charge in [-0.05, 0) is 30.7 Å². The second-order valence-corrected chi connectivity index (χ2v) is 5.32. The first-order chi connectivity index (χ1) is 10.0. The lowest BCUT2D eigenvalue weighted by Crippen LogP contribution is -2.04. The Hall–Kier alpha value is -1.78. The first-order valence-corrected chi connectivity index (χ1v) is 7.22. The highest BCUT2D eigenvalue weighted by Crippen LogP contribution is 2.32. The molecule has 0 saturated carbocycles. The number of benzene rings is 1. The van der Waals surface area contributed by atoms with Gasteiger partial charge < -0.3 is 10.4 Å². The van der Waals surface area contributed by atoms with Crippen molar-refractivity contribution in [3.05, 3.63) is 51.6 Å². The van der Waals surface area contributed by atoms with Gasteiger partial charge in [-0.1, -0.05) is 42.6 Å². The van der Waals surface area contributed by atoms with Gasteiger partial charge >= 0.3 is 5.97 Å². The van der Waals surface area contributed by atoms with Crippen molar-refractivity contribution in [1.29, 1.82) is 0 Å². The van der Waals surface area contributed by atoms with Crippen molar-refractivity contribution in [3.8, 4) is 0 Å². The van der Waals surface area contributed by atoms with E-state index in [0.29, 0.717) is 33.7 Å². The fraction of sp³-hybridized carbons (Fsp3) is 0.200. The van der Waals surface area contributed by atoms with Gasteiger partial charge in [0.05, 0.1) is 21.3 Å². The Balaban J connectivity index is 2.41. The third-order valence-corrected chi connectivity index (χ3v) is 3.48. The van der Waals surface area contributed by atoms with Gasteiger partial charge in [0, 0.05) is 5.69 Å². The van der Waals surface area contributed by atoms with E-state index in [0.717, 1.165) is 6.42 Å². The molecule has 0 saturated heterocycles. The normalized spacial score (nSPS) is 10.4. The van der Waals surface area contributed by atoms with Crippen LogP contribution in [0.25, 0.3) is 0 Å². The summed E-state index contributed by atoms with van der Waals surface area (Å²) in [5.41, 5.74) is 1.40. The van der Waals surface area contributed by atoms with E-state index in [1.54, 1.807) is 24.3 Å². The molecule has 2 N–H and O–H groups in total. The Morgan fingerprint density at radius 3 is 2.52 bits per heavy atom. The van der Waals surface area contributed by atoms with Gasteiger partial charge in [-0.3, -0.25) is 0 Å². The first-order valence-electron chi connectivity index (χ1n) is 6.46. The molecule has 0 bridgehead atoms. The van der Waals surface area contributed by atoms with E-state index in [9.17, 15) is 4.79 Å². The number of carbonyl (C=O) groups is 1. The molecule has 1 aromatic carbocycles. The van der Waals surface area contributed by atoms with Crippen LogP contribution in [0.1, 0.15) is 29.4 Å². The molecule has 1 aromatic heterocycles. The zero-order valence-corrected chi connectivity index (χ0v) is 12.9. The highest BCUT2D eigenvalue weighted by molar-refractivity contribution is 6.39. The van der Waals surface area contributed by atoms with Gasteiger partial charge in [0.25, 0.3) is 0 Å². The van der Waals surface area contributed by atoms with E-state index in [2.05, 4.69) is 10.3 Å². The molecule has 0 amide bonds. The van der Waals surface area contributed by atoms with Crippen LogP contribution in [-0.4, -0.2) is 16.1 Å². The summed E-state index contributed by atoms with van der Waals surface area (Å²) in [5.74, 6) is -0.587. The van der Waals surface area contributed by atoms with E-state index < -0.39 is 5.97 Å². The zero-order valence-electron chi connectivity index (χ0n) is 11.4. The molecular weight excluding hydrogens is 311 g/mol. The monoisotopic (exact) mass is 324 g/mol. The number of halogens is 2. The number of hydrogen-bond donors (Lipinski definition) is 2. The van der Waals surface area contributed by atoms with Crippen molar-refractivity contribution >= 4 is 40.7 Å². The molecule has 0 aliphatic rings. The highest BCUT2D eigenvalue weighted by atomic mass is 35.5. The highest BCUT2D eigenvalue weighted by Gasteiger charge is 2.11. The minimum absolute atomic E-state index is 0.180. The van der Waals surface area contributed by atoms with Gasteiger partial charge in [0.1, 0.15) is 5.82 Å². The second kappa shape index (κ2) is 6.78. The standard InChI is InChI=1S/C15H14Cl2N2O2/c1-2-4-10-7-9(15(20)21)8-13(18-10)19-14-11(16)5-3-6-12(14)17/h3,5-8H,2,4H2,1H3,(H,18,19)(H,20,21). The Labute approximate surface area is 132 Å². The Bertz CT molecular complexity index is 654. The molecular formula is C15H14Cl2N2O2. The second-order valence-electron chi connectivity index (χ2n) is 4.51. The van der Waals surface area contributed by atoms with Gasteiger partial charge in [-0.2, -0.15) is 0 Å². The lowest BCUT2D eigenvalue weighted by atomic mass is 10.1. The molecule has 0 unspecified atom stereocenters. The Morgan fingerprint density at radius 2 is 1.95 bits per heavy atom. The molecule has 0 spiro atoms. The minimum Gasteiger partial charge on any atom is -0.478 e. The predicted molar refractivity (Wildman–Crippen MR) is 84.9 cm³/mol. The maximum Gasteiger partial charge on any atom is 0.335 e. The van der Waals surface area contributed by atoms with E-state index >= 15 is 0 Å². The molecule has 1 heterocycles. The lowest BCUT2D eigenvalue weighted by molar-refractivity contribution is 0.0696. The number of carboxylic acids is 1. The number of nitrogens with one attached hydrogen (secondary N) is 1. The first kappa shape index (κ1) is 15.6. The summed E-state index contributed by atoms with van der Waals surface area (Å²) >= 11 is 12.2. The molecule has 0 aliphatic heterocycles. The number of hydrogen-bond acceptors (Lipinski definition) is 3. The largest absolute Gasteiger partial charge is 0.478 e. The molecule has 0 fully saturated rings. The van der Waals surface area contributed by atoms with Crippen molar-refractivity contribution in [2.75, 3.05) is 5.32 Å². The van der Waals surface area contributed by atoms with Crippen LogP contribution < -0.4 is 5.32 Å².